The monoisotopic (exact) mass is 459 g/mol. The molecule has 0 bridgehead atoms. The lowest BCUT2D eigenvalue weighted by atomic mass is 10.1. The van der Waals surface area contributed by atoms with Crippen LogP contribution in [-0.2, 0) is 34.0 Å². The van der Waals surface area contributed by atoms with Gasteiger partial charge in [0.05, 0.1) is 9.79 Å². The van der Waals surface area contributed by atoms with Gasteiger partial charge in [-0.25, -0.2) is 0 Å². The molecule has 3 aromatic rings. The van der Waals surface area contributed by atoms with Gasteiger partial charge in [0, 0.05) is 22.5 Å². The first-order valence-corrected chi connectivity index (χ1v) is 11.9. The molecule has 0 aromatic heterocycles. The van der Waals surface area contributed by atoms with Crippen LogP contribution in [0.1, 0.15) is 0 Å². The van der Waals surface area contributed by atoms with Crippen LogP contribution < -0.4 is 5.73 Å². The molecule has 4 N–H and O–H groups in total. The van der Waals surface area contributed by atoms with E-state index in [4.69, 9.17) is 5.73 Å². The van der Waals surface area contributed by atoms with Crippen LogP contribution in [0.2, 0.25) is 0 Å². The summed E-state index contributed by atoms with van der Waals surface area (Å²) in [5.41, 5.74) is 5.60. The number of rotatable bonds is 5. The number of anilines is 1. The summed E-state index contributed by atoms with van der Waals surface area (Å²) >= 11 is 0. The highest BCUT2D eigenvalue weighted by Gasteiger charge is 2.29. The van der Waals surface area contributed by atoms with E-state index in [2.05, 4.69) is 3.63 Å². The Labute approximate surface area is 166 Å². The summed E-state index contributed by atoms with van der Waals surface area (Å²) in [5.74, 6) is -0.740. The standard InChI is InChI=1S/C16H13NO9S3/c17-13-6-7-15(12-8-11(27(19,20)21)9-14(18)16(12)13)29(24,25)26-28(22,23)10-4-2-1-3-5-10/h1-9,18H,17H2,(H,19,20,21). The molecular formula is C16H13NO9S3. The number of hydrogen-bond acceptors (Lipinski definition) is 9. The van der Waals surface area contributed by atoms with Crippen molar-refractivity contribution in [3.05, 3.63) is 54.6 Å². The molecular weight excluding hydrogens is 446 g/mol. The molecule has 0 spiro atoms. The van der Waals surface area contributed by atoms with Crippen molar-refractivity contribution in [3.8, 4) is 5.75 Å². The van der Waals surface area contributed by atoms with Gasteiger partial charge < -0.3 is 10.8 Å². The quantitative estimate of drug-likeness (QED) is 0.374. The summed E-state index contributed by atoms with van der Waals surface area (Å²) in [6, 6.07) is 9.83. The zero-order chi connectivity index (χ0) is 21.6. The number of hydrogen-bond donors (Lipinski definition) is 3. The number of phenols is 1. The number of aromatic hydroxyl groups is 1. The number of nitrogen functional groups attached to an aromatic ring is 1. The molecule has 0 aliphatic carbocycles. The molecule has 13 heteroatoms. The maximum atomic E-state index is 12.7. The first kappa shape index (κ1) is 21.0. The second-order valence-corrected chi connectivity index (χ2v) is 10.5. The van der Waals surface area contributed by atoms with Crippen LogP contribution in [0.15, 0.2) is 69.3 Å². The molecule has 0 saturated heterocycles. The third kappa shape index (κ3) is 4.04. The summed E-state index contributed by atoms with van der Waals surface area (Å²) < 4.78 is 86.5. The lowest BCUT2D eigenvalue weighted by Gasteiger charge is -2.12. The van der Waals surface area contributed by atoms with Crippen molar-refractivity contribution in [2.24, 2.45) is 0 Å². The van der Waals surface area contributed by atoms with Crippen molar-refractivity contribution < 1.29 is 38.5 Å². The summed E-state index contributed by atoms with van der Waals surface area (Å²) in [6.45, 7) is 0. The van der Waals surface area contributed by atoms with Crippen molar-refractivity contribution in [1.29, 1.82) is 0 Å². The first-order chi connectivity index (χ1) is 13.3. The number of benzene rings is 3. The molecule has 154 valence electrons. The SMILES string of the molecule is Nc1ccc(S(=O)(=O)OS(=O)(=O)c2ccccc2)c2cc(S(=O)(=O)O)cc(O)c12. The molecule has 0 aliphatic rings. The average Bonchev–Trinajstić information content (AvgIpc) is 2.60. The molecule has 0 atom stereocenters. The Balaban J connectivity index is 2.26. The highest BCUT2D eigenvalue weighted by molar-refractivity contribution is 8.00. The van der Waals surface area contributed by atoms with Crippen molar-refractivity contribution in [1.82, 2.24) is 0 Å². The third-order valence-corrected chi connectivity index (χ3v) is 7.85. The molecule has 3 aromatic carbocycles. The van der Waals surface area contributed by atoms with Crippen LogP contribution in [0.4, 0.5) is 5.69 Å². The summed E-state index contributed by atoms with van der Waals surface area (Å²) in [4.78, 5) is -2.03. The van der Waals surface area contributed by atoms with Crippen LogP contribution in [0.5, 0.6) is 5.75 Å². The number of phenolic OH excluding ortho intramolecular Hbond substituents is 1. The Bertz CT molecular complexity index is 1430. The summed E-state index contributed by atoms with van der Waals surface area (Å²) in [6.07, 6.45) is 0. The zero-order valence-corrected chi connectivity index (χ0v) is 16.7. The van der Waals surface area contributed by atoms with E-state index in [0.29, 0.717) is 6.07 Å². The summed E-state index contributed by atoms with van der Waals surface area (Å²) in [5, 5.41) is 9.37. The van der Waals surface area contributed by atoms with Crippen molar-refractivity contribution >= 4 is 46.8 Å². The van der Waals surface area contributed by atoms with Crippen LogP contribution in [-0.4, -0.2) is 34.9 Å². The fourth-order valence-electron chi connectivity index (χ4n) is 2.59. The summed E-state index contributed by atoms with van der Waals surface area (Å²) in [7, 11) is -14.6. The highest BCUT2D eigenvalue weighted by Crippen LogP contribution is 2.37. The van der Waals surface area contributed by atoms with Crippen molar-refractivity contribution in [2.45, 2.75) is 14.7 Å². The average molecular weight is 459 g/mol. The first-order valence-electron chi connectivity index (χ1n) is 7.62. The van der Waals surface area contributed by atoms with Gasteiger partial charge in [0.15, 0.2) is 0 Å². The van der Waals surface area contributed by atoms with Gasteiger partial charge in [0.2, 0.25) is 0 Å². The van der Waals surface area contributed by atoms with Gasteiger partial charge in [-0.3, -0.25) is 4.55 Å². The molecule has 0 saturated carbocycles. The van der Waals surface area contributed by atoms with Gasteiger partial charge in [-0.05, 0) is 30.3 Å². The Morgan fingerprint density at radius 2 is 1.41 bits per heavy atom. The Hall–Kier alpha value is -2.71. The van der Waals surface area contributed by atoms with E-state index in [9.17, 15) is 34.9 Å². The predicted molar refractivity (Wildman–Crippen MR) is 102 cm³/mol. The molecule has 0 unspecified atom stereocenters. The van der Waals surface area contributed by atoms with Crippen molar-refractivity contribution in [3.63, 3.8) is 0 Å². The van der Waals surface area contributed by atoms with Crippen LogP contribution >= 0.6 is 0 Å². The second-order valence-electron chi connectivity index (χ2n) is 5.78. The smallest absolute Gasteiger partial charge is 0.312 e. The van der Waals surface area contributed by atoms with Gasteiger partial charge in [-0.2, -0.15) is 25.3 Å². The fraction of sp³-hybridized carbons (Fsp3) is 0. The van der Waals surface area contributed by atoms with E-state index < -0.39 is 56.2 Å². The van der Waals surface area contributed by atoms with Gasteiger partial charge in [0.25, 0.3) is 10.1 Å². The van der Waals surface area contributed by atoms with Crippen LogP contribution in [0.3, 0.4) is 0 Å². The van der Waals surface area contributed by atoms with E-state index in [1.807, 2.05) is 0 Å². The number of nitrogens with two attached hydrogens (primary N) is 1. The van der Waals surface area contributed by atoms with Gasteiger partial charge >= 0.3 is 20.2 Å². The largest absolute Gasteiger partial charge is 0.507 e. The Morgan fingerprint density at radius 1 is 0.793 bits per heavy atom. The van der Waals surface area contributed by atoms with Gasteiger partial charge in [0.1, 0.15) is 10.6 Å². The minimum atomic E-state index is -5.02. The lowest BCUT2D eigenvalue weighted by molar-refractivity contribution is 0.461. The lowest BCUT2D eigenvalue weighted by Crippen LogP contribution is -2.15. The van der Waals surface area contributed by atoms with E-state index in [1.165, 1.54) is 18.2 Å². The minimum absolute atomic E-state index is 0.121. The minimum Gasteiger partial charge on any atom is -0.507 e. The Kier molecular flexibility index (Phi) is 5.04. The van der Waals surface area contributed by atoms with Crippen LogP contribution in [0.25, 0.3) is 10.8 Å². The molecule has 10 nitrogen and oxygen atoms in total. The molecule has 0 fully saturated rings. The maximum Gasteiger partial charge on any atom is 0.312 e. The number of fused-ring (bicyclic) bond motifs is 1. The molecule has 29 heavy (non-hydrogen) atoms. The molecule has 0 heterocycles. The van der Waals surface area contributed by atoms with Crippen molar-refractivity contribution in [2.75, 3.05) is 5.73 Å². The van der Waals surface area contributed by atoms with Gasteiger partial charge in [-0.1, -0.05) is 18.2 Å². The normalized spacial score (nSPS) is 12.9. The highest BCUT2D eigenvalue weighted by atomic mass is 32.3. The molecule has 0 amide bonds. The Morgan fingerprint density at radius 3 is 2.00 bits per heavy atom. The fourth-order valence-corrected chi connectivity index (χ4v) is 5.82. The van der Waals surface area contributed by atoms with Gasteiger partial charge in [-0.15, -0.1) is 3.63 Å². The zero-order valence-electron chi connectivity index (χ0n) is 14.3. The predicted octanol–water partition coefficient (Wildman–Crippen LogP) is 1.47. The second kappa shape index (κ2) is 6.96. The van der Waals surface area contributed by atoms with E-state index in [1.54, 1.807) is 0 Å². The molecule has 0 aliphatic heterocycles. The molecule has 0 radical (unpaired) electrons. The molecule has 3 rings (SSSR count). The van der Waals surface area contributed by atoms with E-state index in [-0.39, 0.29) is 11.1 Å². The maximum absolute atomic E-state index is 12.7. The van der Waals surface area contributed by atoms with E-state index in [0.717, 1.165) is 30.3 Å². The third-order valence-electron chi connectivity index (χ3n) is 3.84. The van der Waals surface area contributed by atoms with E-state index >= 15 is 0 Å². The topological polar surface area (TPSA) is 178 Å². The van der Waals surface area contributed by atoms with Crippen LogP contribution in [0, 0.1) is 0 Å².